The lowest BCUT2D eigenvalue weighted by Crippen LogP contribution is -2.29. The Morgan fingerprint density at radius 1 is 1.26 bits per heavy atom. The van der Waals surface area contributed by atoms with Crippen LogP contribution in [0.5, 0.6) is 0 Å². The van der Waals surface area contributed by atoms with Crippen LogP contribution in [0.3, 0.4) is 0 Å². The molecule has 1 aromatic heterocycles. The van der Waals surface area contributed by atoms with Gasteiger partial charge in [-0.2, -0.15) is 8.42 Å². The number of aryl methyl sites for hydroxylation is 1. The first kappa shape index (κ1) is 16.2. The molecule has 1 aliphatic heterocycles. The summed E-state index contributed by atoms with van der Waals surface area (Å²) in [5, 5.41) is 4.91. The van der Waals surface area contributed by atoms with Crippen LogP contribution in [0, 0.1) is 0 Å². The van der Waals surface area contributed by atoms with Gasteiger partial charge in [0.2, 0.25) is 10.0 Å². The van der Waals surface area contributed by atoms with Gasteiger partial charge in [-0.15, -0.1) is 0 Å². The molecule has 0 atom stereocenters. The number of imidazole rings is 1. The average Bonchev–Trinajstić information content (AvgIpc) is 3.03. The number of nitrogens with two attached hydrogens (primary N) is 1. The molecular formula is C12H13ClN4O4S2. The van der Waals surface area contributed by atoms with Gasteiger partial charge in [0, 0.05) is 19.8 Å². The Bertz CT molecular complexity index is 998. The Hall–Kier alpha value is -1.62. The Morgan fingerprint density at radius 2 is 1.96 bits per heavy atom. The Balaban J connectivity index is 2.11. The van der Waals surface area contributed by atoms with Crippen LogP contribution in [-0.4, -0.2) is 32.9 Å². The minimum Gasteiger partial charge on any atom is -0.339 e. The van der Waals surface area contributed by atoms with Crippen LogP contribution < -0.4 is 9.44 Å². The van der Waals surface area contributed by atoms with E-state index < -0.39 is 20.0 Å². The summed E-state index contributed by atoms with van der Waals surface area (Å²) < 4.78 is 51.0. The number of sulfonamides is 2. The van der Waals surface area contributed by atoms with Gasteiger partial charge in [-0.1, -0.05) is 11.6 Å². The van der Waals surface area contributed by atoms with E-state index in [4.69, 9.17) is 16.7 Å². The quantitative estimate of drug-likeness (QED) is 0.836. The molecule has 2 N–H and O–H groups in total. The van der Waals surface area contributed by atoms with Crippen LogP contribution in [0.15, 0.2) is 34.6 Å². The summed E-state index contributed by atoms with van der Waals surface area (Å²) in [7, 11) is -6.14. The van der Waals surface area contributed by atoms with Crippen LogP contribution in [0.2, 0.25) is 5.02 Å². The van der Waals surface area contributed by atoms with Crippen molar-refractivity contribution >= 4 is 37.3 Å². The standard InChI is InChI=1S/C12H13ClN4O4S2/c1-16-6-12(15-7-16)23(20,21)17-3-2-8-4-11(22(14,18)19)9(13)5-10(8)17/h4-7H,2-3H2,1H3,(H2,14,18,19). The van der Waals surface area contributed by atoms with E-state index in [1.165, 1.54) is 33.5 Å². The highest BCUT2D eigenvalue weighted by Crippen LogP contribution is 2.37. The summed E-state index contributed by atoms with van der Waals surface area (Å²) in [6, 6.07) is 2.63. The summed E-state index contributed by atoms with van der Waals surface area (Å²) in [6.45, 7) is 0.179. The summed E-state index contributed by atoms with van der Waals surface area (Å²) in [6.07, 6.45) is 3.15. The molecule has 0 radical (unpaired) electrons. The molecule has 3 rings (SSSR count). The first-order valence-corrected chi connectivity index (χ1v) is 9.83. The van der Waals surface area contributed by atoms with E-state index in [2.05, 4.69) is 4.98 Å². The summed E-state index contributed by atoms with van der Waals surface area (Å²) in [5.41, 5.74) is 0.894. The zero-order valence-corrected chi connectivity index (χ0v) is 14.4. The van der Waals surface area contributed by atoms with E-state index in [-0.39, 0.29) is 21.5 Å². The van der Waals surface area contributed by atoms with Gasteiger partial charge in [-0.05, 0) is 24.1 Å². The molecule has 11 heteroatoms. The fourth-order valence-corrected chi connectivity index (χ4v) is 5.05. The fraction of sp³-hybridized carbons (Fsp3) is 0.250. The molecule has 0 unspecified atom stereocenters. The highest BCUT2D eigenvalue weighted by molar-refractivity contribution is 7.92. The van der Waals surface area contributed by atoms with Gasteiger partial charge in [0.05, 0.1) is 17.0 Å². The third-order valence-electron chi connectivity index (χ3n) is 3.53. The predicted octanol–water partition coefficient (Wildman–Crippen LogP) is 0.472. The molecule has 23 heavy (non-hydrogen) atoms. The van der Waals surface area contributed by atoms with Crippen LogP contribution >= 0.6 is 11.6 Å². The summed E-state index contributed by atoms with van der Waals surface area (Å²) >= 11 is 5.96. The highest BCUT2D eigenvalue weighted by atomic mass is 35.5. The number of fused-ring (bicyclic) bond motifs is 1. The first-order valence-electron chi connectivity index (χ1n) is 6.46. The van der Waals surface area contributed by atoms with E-state index in [1.807, 2.05) is 0 Å². The number of rotatable bonds is 3. The number of aromatic nitrogens is 2. The van der Waals surface area contributed by atoms with Gasteiger partial charge in [-0.25, -0.2) is 18.5 Å². The second-order valence-corrected chi connectivity index (χ2v) is 8.91. The molecule has 0 amide bonds. The SMILES string of the molecule is Cn1cnc(S(=O)(=O)N2CCc3cc(S(N)(=O)=O)c(Cl)cc32)c1. The van der Waals surface area contributed by atoms with Gasteiger partial charge in [0.25, 0.3) is 10.0 Å². The molecule has 1 aliphatic rings. The van der Waals surface area contributed by atoms with Gasteiger partial charge in [-0.3, -0.25) is 4.31 Å². The van der Waals surface area contributed by atoms with E-state index in [1.54, 1.807) is 7.05 Å². The zero-order chi connectivity index (χ0) is 17.0. The topological polar surface area (TPSA) is 115 Å². The lowest BCUT2D eigenvalue weighted by molar-refractivity contribution is 0.589. The molecular weight excluding hydrogens is 364 g/mol. The molecule has 0 fully saturated rings. The maximum Gasteiger partial charge on any atom is 0.283 e. The molecule has 2 aromatic rings. The third-order valence-corrected chi connectivity index (χ3v) is 6.60. The van der Waals surface area contributed by atoms with Crippen LogP contribution in [0.4, 0.5) is 5.69 Å². The minimum absolute atomic E-state index is 0.0838. The van der Waals surface area contributed by atoms with Crippen molar-refractivity contribution in [3.63, 3.8) is 0 Å². The van der Waals surface area contributed by atoms with Crippen molar-refractivity contribution in [1.29, 1.82) is 0 Å². The van der Waals surface area contributed by atoms with Crippen LogP contribution in [0.25, 0.3) is 0 Å². The molecule has 0 spiro atoms. The van der Waals surface area contributed by atoms with E-state index in [0.717, 1.165) is 0 Å². The third kappa shape index (κ3) is 2.71. The minimum atomic E-state index is -3.97. The molecule has 0 saturated heterocycles. The van der Waals surface area contributed by atoms with Gasteiger partial charge >= 0.3 is 0 Å². The smallest absolute Gasteiger partial charge is 0.283 e. The average molecular weight is 377 g/mol. The number of benzene rings is 1. The van der Waals surface area contributed by atoms with E-state index in [9.17, 15) is 16.8 Å². The second-order valence-electron chi connectivity index (χ2n) is 5.16. The van der Waals surface area contributed by atoms with Crippen molar-refractivity contribution in [3.8, 4) is 0 Å². The largest absolute Gasteiger partial charge is 0.339 e. The molecule has 1 aromatic carbocycles. The molecule has 0 aliphatic carbocycles. The van der Waals surface area contributed by atoms with Crippen LogP contribution in [-0.2, 0) is 33.5 Å². The van der Waals surface area contributed by atoms with Crippen molar-refractivity contribution in [1.82, 2.24) is 9.55 Å². The van der Waals surface area contributed by atoms with Crippen molar-refractivity contribution in [2.75, 3.05) is 10.8 Å². The first-order chi connectivity index (χ1) is 10.6. The van der Waals surface area contributed by atoms with Gasteiger partial charge in [0.1, 0.15) is 4.90 Å². The number of hydrogen-bond acceptors (Lipinski definition) is 5. The lowest BCUT2D eigenvalue weighted by atomic mass is 10.2. The van der Waals surface area contributed by atoms with Crippen molar-refractivity contribution < 1.29 is 16.8 Å². The maximum absolute atomic E-state index is 12.7. The second kappa shape index (κ2) is 5.20. The number of nitrogens with zero attached hydrogens (tertiary/aromatic N) is 3. The lowest BCUT2D eigenvalue weighted by Gasteiger charge is -2.18. The normalized spacial score (nSPS) is 15.0. The Kier molecular flexibility index (Phi) is 3.67. The number of halogens is 1. The summed E-state index contributed by atoms with van der Waals surface area (Å²) in [4.78, 5) is 3.66. The van der Waals surface area contributed by atoms with Crippen molar-refractivity contribution in [3.05, 3.63) is 35.2 Å². The molecule has 8 nitrogen and oxygen atoms in total. The molecule has 2 heterocycles. The summed E-state index contributed by atoms with van der Waals surface area (Å²) in [5.74, 6) is 0. The molecule has 124 valence electrons. The van der Waals surface area contributed by atoms with E-state index >= 15 is 0 Å². The predicted molar refractivity (Wildman–Crippen MR) is 84.3 cm³/mol. The van der Waals surface area contributed by atoms with Crippen LogP contribution in [0.1, 0.15) is 5.56 Å². The van der Waals surface area contributed by atoms with E-state index in [0.29, 0.717) is 17.7 Å². The monoisotopic (exact) mass is 376 g/mol. The molecule has 0 saturated carbocycles. The maximum atomic E-state index is 12.7. The Morgan fingerprint density at radius 3 is 2.52 bits per heavy atom. The number of hydrogen-bond donors (Lipinski definition) is 1. The van der Waals surface area contributed by atoms with Gasteiger partial charge < -0.3 is 4.57 Å². The van der Waals surface area contributed by atoms with Crippen molar-refractivity contribution in [2.24, 2.45) is 12.2 Å². The number of anilines is 1. The van der Waals surface area contributed by atoms with Crippen molar-refractivity contribution in [2.45, 2.75) is 16.3 Å². The zero-order valence-electron chi connectivity index (χ0n) is 12.0. The van der Waals surface area contributed by atoms with Gasteiger partial charge in [0.15, 0.2) is 5.03 Å². The highest BCUT2D eigenvalue weighted by Gasteiger charge is 2.34. The Labute approximate surface area is 138 Å². The molecule has 0 bridgehead atoms. The fourth-order valence-electron chi connectivity index (χ4n) is 2.46. The number of primary sulfonamides is 1.